The van der Waals surface area contributed by atoms with Crippen LogP contribution in [0.5, 0.6) is 5.75 Å². The van der Waals surface area contributed by atoms with Crippen LogP contribution in [0.1, 0.15) is 58.6 Å². The van der Waals surface area contributed by atoms with E-state index in [1.54, 1.807) is 6.07 Å². The molecule has 0 spiro atoms. The van der Waals surface area contributed by atoms with Gasteiger partial charge in [-0.3, -0.25) is 4.57 Å². The van der Waals surface area contributed by atoms with Gasteiger partial charge >= 0.3 is 7.60 Å². The van der Waals surface area contributed by atoms with E-state index in [4.69, 9.17) is 14.5 Å². The minimum absolute atomic E-state index is 0.100. The van der Waals surface area contributed by atoms with Crippen molar-refractivity contribution in [1.29, 1.82) is 0 Å². The van der Waals surface area contributed by atoms with Crippen LogP contribution in [0.2, 0.25) is 0 Å². The smallest absolute Gasteiger partial charge is 0.325 e. The Hall–Kier alpha value is -2.50. The lowest BCUT2D eigenvalue weighted by molar-refractivity contribution is 0.301. The molecule has 3 aromatic carbocycles. The molecule has 0 amide bonds. The number of halogens is 1. The molecule has 0 aliphatic heterocycles. The third kappa shape index (κ3) is 9.71. The van der Waals surface area contributed by atoms with Gasteiger partial charge in [-0.1, -0.05) is 42.5 Å². The quantitative estimate of drug-likeness (QED) is 0.163. The first-order valence-corrected chi connectivity index (χ1v) is 14.7. The second-order valence-electron chi connectivity index (χ2n) is 9.83. The Bertz CT molecular complexity index is 1190. The van der Waals surface area contributed by atoms with Crippen LogP contribution < -0.4 is 10.1 Å². The molecule has 0 fully saturated rings. The van der Waals surface area contributed by atoms with Gasteiger partial charge in [0.1, 0.15) is 11.6 Å². The lowest BCUT2D eigenvalue weighted by Gasteiger charge is -2.21. The molecule has 5 nitrogen and oxygen atoms in total. The number of aryl methyl sites for hydroxylation is 2. The molecule has 37 heavy (non-hydrogen) atoms. The van der Waals surface area contributed by atoms with E-state index >= 15 is 0 Å². The Morgan fingerprint density at radius 1 is 0.946 bits per heavy atom. The summed E-state index contributed by atoms with van der Waals surface area (Å²) in [5.41, 5.74) is 6.69. The molecule has 0 saturated carbocycles. The minimum Gasteiger partial charge on any atom is -0.494 e. The van der Waals surface area contributed by atoms with Gasteiger partial charge in [0.2, 0.25) is 0 Å². The largest absolute Gasteiger partial charge is 0.494 e. The van der Waals surface area contributed by atoms with Crippen LogP contribution in [0, 0.1) is 26.6 Å². The van der Waals surface area contributed by atoms with E-state index in [-0.39, 0.29) is 17.9 Å². The molecule has 0 radical (unpaired) electrons. The highest BCUT2D eigenvalue weighted by molar-refractivity contribution is 7.51. The molecule has 1 unspecified atom stereocenters. The Balaban J connectivity index is 1.51. The lowest BCUT2D eigenvalue weighted by Crippen LogP contribution is -2.15. The van der Waals surface area contributed by atoms with Crippen LogP contribution in [0.15, 0.2) is 60.7 Å². The topological polar surface area (TPSA) is 78.8 Å². The van der Waals surface area contributed by atoms with E-state index in [0.29, 0.717) is 26.1 Å². The van der Waals surface area contributed by atoms with Gasteiger partial charge in [-0.05, 0) is 110 Å². The lowest BCUT2D eigenvalue weighted by atomic mass is 9.85. The molecule has 1 atom stereocenters. The highest BCUT2D eigenvalue weighted by Crippen LogP contribution is 2.34. The van der Waals surface area contributed by atoms with Crippen molar-refractivity contribution in [2.45, 2.75) is 58.9 Å². The summed E-state index contributed by atoms with van der Waals surface area (Å²) in [7, 11) is -3.92. The van der Waals surface area contributed by atoms with E-state index < -0.39 is 7.60 Å². The number of hydrogen-bond donors (Lipinski definition) is 3. The van der Waals surface area contributed by atoms with Crippen LogP contribution in [0.4, 0.5) is 4.39 Å². The van der Waals surface area contributed by atoms with Gasteiger partial charge in [0, 0.05) is 6.54 Å². The number of ether oxygens (including phenoxy) is 1. The fourth-order valence-electron chi connectivity index (χ4n) is 4.51. The summed E-state index contributed by atoms with van der Waals surface area (Å²) in [6.07, 6.45) is 2.95. The van der Waals surface area contributed by atoms with E-state index in [0.717, 1.165) is 41.7 Å². The average Bonchev–Trinajstić information content (AvgIpc) is 2.85. The molecule has 0 heterocycles. The van der Waals surface area contributed by atoms with Crippen molar-refractivity contribution < 1.29 is 23.5 Å². The Labute approximate surface area is 220 Å². The standard InChI is InChI=1S/C30H39FNO4P/c1-22-10-11-26(19-23(22)2)20-27(29-8-4-9-30(31)24(29)3)7-5-17-36-28-14-12-25(13-15-28)21-32-16-6-18-37(33,34)35/h4,8-15,19,27,32H,5-7,16-18,20-21H2,1-3H3,(H2,33,34,35). The van der Waals surface area contributed by atoms with Gasteiger partial charge < -0.3 is 19.8 Å². The predicted octanol–water partition coefficient (Wildman–Crippen LogP) is 6.59. The molecular weight excluding hydrogens is 488 g/mol. The van der Waals surface area contributed by atoms with Crippen molar-refractivity contribution in [2.75, 3.05) is 19.3 Å². The summed E-state index contributed by atoms with van der Waals surface area (Å²) in [6.45, 7) is 7.87. The molecule has 0 aliphatic rings. The van der Waals surface area contributed by atoms with Gasteiger partial charge in [0.25, 0.3) is 0 Å². The van der Waals surface area contributed by atoms with Crippen molar-refractivity contribution in [1.82, 2.24) is 5.32 Å². The van der Waals surface area contributed by atoms with Crippen molar-refractivity contribution in [2.24, 2.45) is 0 Å². The van der Waals surface area contributed by atoms with Gasteiger partial charge in [-0.2, -0.15) is 0 Å². The summed E-state index contributed by atoms with van der Waals surface area (Å²) >= 11 is 0. The minimum atomic E-state index is -3.92. The Morgan fingerprint density at radius 2 is 1.68 bits per heavy atom. The maximum atomic E-state index is 14.3. The normalized spacial score (nSPS) is 12.5. The summed E-state index contributed by atoms with van der Waals surface area (Å²) in [5, 5.41) is 3.20. The highest BCUT2D eigenvalue weighted by Gasteiger charge is 2.17. The van der Waals surface area contributed by atoms with Crippen molar-refractivity contribution >= 4 is 7.60 Å². The maximum absolute atomic E-state index is 14.3. The van der Waals surface area contributed by atoms with Gasteiger partial charge in [-0.15, -0.1) is 0 Å². The number of nitrogens with one attached hydrogen (secondary N) is 1. The van der Waals surface area contributed by atoms with E-state index in [9.17, 15) is 8.96 Å². The molecule has 3 N–H and O–H groups in total. The molecule has 7 heteroatoms. The van der Waals surface area contributed by atoms with E-state index in [2.05, 4.69) is 37.4 Å². The van der Waals surface area contributed by atoms with Crippen LogP contribution in [-0.2, 0) is 17.5 Å². The predicted molar refractivity (Wildman–Crippen MR) is 148 cm³/mol. The number of hydrogen-bond acceptors (Lipinski definition) is 3. The molecule has 0 bridgehead atoms. The second-order valence-corrected chi connectivity index (χ2v) is 11.6. The van der Waals surface area contributed by atoms with Crippen LogP contribution in [0.25, 0.3) is 0 Å². The summed E-state index contributed by atoms with van der Waals surface area (Å²) in [5.74, 6) is 0.855. The van der Waals surface area contributed by atoms with Crippen LogP contribution in [-0.4, -0.2) is 29.1 Å². The monoisotopic (exact) mass is 527 g/mol. The van der Waals surface area contributed by atoms with Crippen LogP contribution in [0.3, 0.4) is 0 Å². The SMILES string of the molecule is Cc1ccc(CC(CCCOc2ccc(CNCCCP(=O)(O)O)cc2)c2cccc(F)c2C)cc1C. The van der Waals surface area contributed by atoms with Crippen molar-refractivity contribution in [3.63, 3.8) is 0 Å². The first-order valence-electron chi connectivity index (χ1n) is 12.9. The van der Waals surface area contributed by atoms with Gasteiger partial charge in [-0.25, -0.2) is 4.39 Å². The number of benzene rings is 3. The Morgan fingerprint density at radius 3 is 2.38 bits per heavy atom. The van der Waals surface area contributed by atoms with Crippen molar-refractivity contribution in [3.8, 4) is 5.75 Å². The zero-order valence-electron chi connectivity index (χ0n) is 22.0. The third-order valence-electron chi connectivity index (χ3n) is 6.82. The zero-order chi connectivity index (χ0) is 26.8. The van der Waals surface area contributed by atoms with E-state index in [1.807, 2.05) is 37.3 Å². The molecule has 3 rings (SSSR count). The molecule has 200 valence electrons. The summed E-state index contributed by atoms with van der Waals surface area (Å²) in [4.78, 5) is 17.8. The zero-order valence-corrected chi connectivity index (χ0v) is 22.9. The maximum Gasteiger partial charge on any atom is 0.325 e. The second kappa shape index (κ2) is 13.9. The molecule has 0 aromatic heterocycles. The first kappa shape index (κ1) is 29.1. The molecular formula is C30H39FNO4P. The van der Waals surface area contributed by atoms with Crippen LogP contribution >= 0.6 is 7.60 Å². The average molecular weight is 528 g/mol. The van der Waals surface area contributed by atoms with E-state index in [1.165, 1.54) is 22.8 Å². The van der Waals surface area contributed by atoms with Gasteiger partial charge in [0.15, 0.2) is 0 Å². The molecule has 0 saturated heterocycles. The molecule has 0 aliphatic carbocycles. The summed E-state index contributed by atoms with van der Waals surface area (Å²) in [6, 6.07) is 19.8. The fraction of sp³-hybridized carbons (Fsp3) is 0.400. The highest BCUT2D eigenvalue weighted by atomic mass is 31.2. The van der Waals surface area contributed by atoms with Crippen molar-refractivity contribution in [3.05, 3.63) is 99.9 Å². The number of rotatable bonds is 14. The van der Waals surface area contributed by atoms with Gasteiger partial charge in [0.05, 0.1) is 12.8 Å². The summed E-state index contributed by atoms with van der Waals surface area (Å²) < 4.78 is 31.2. The fourth-order valence-corrected chi connectivity index (χ4v) is 5.09. The Kier molecular flexibility index (Phi) is 10.9. The third-order valence-corrected chi connectivity index (χ3v) is 7.72. The molecule has 3 aromatic rings. The first-order chi connectivity index (χ1) is 17.6.